The fourth-order valence-corrected chi connectivity index (χ4v) is 4.53. The Kier molecular flexibility index (Phi) is 8.52. The molecule has 2 aliphatic heterocycles. The summed E-state index contributed by atoms with van der Waals surface area (Å²) < 4.78 is 34.2. The van der Waals surface area contributed by atoms with Gasteiger partial charge in [-0.2, -0.15) is 0 Å². The number of carbonyl (C=O) groups is 4. The van der Waals surface area contributed by atoms with E-state index in [1.54, 1.807) is 91.0 Å². The molecule has 10 heteroatoms. The Bertz CT molecular complexity index is 1410. The van der Waals surface area contributed by atoms with E-state index in [9.17, 15) is 19.2 Å². The summed E-state index contributed by atoms with van der Waals surface area (Å²) in [7, 11) is 1.22. The second-order valence-corrected chi connectivity index (χ2v) is 9.16. The molecule has 0 unspecified atom stereocenters. The monoisotopic (exact) mass is 558 g/mol. The lowest BCUT2D eigenvalue weighted by atomic mass is 9.96. The lowest BCUT2D eigenvalue weighted by Crippen LogP contribution is -2.59. The van der Waals surface area contributed by atoms with Crippen molar-refractivity contribution in [2.75, 3.05) is 7.11 Å². The van der Waals surface area contributed by atoms with Gasteiger partial charge in [0.15, 0.2) is 24.6 Å². The van der Waals surface area contributed by atoms with Crippen LogP contribution in [0, 0.1) is 0 Å². The number of esters is 4. The van der Waals surface area contributed by atoms with E-state index in [4.69, 9.17) is 23.7 Å². The number of hydrogen-bond donors (Lipinski definition) is 0. The Morgan fingerprint density at radius 2 is 1.05 bits per heavy atom. The minimum atomic E-state index is -1.34. The van der Waals surface area contributed by atoms with Gasteiger partial charge in [0.1, 0.15) is 12.2 Å². The highest BCUT2D eigenvalue weighted by molar-refractivity contribution is 5.91. The predicted molar refractivity (Wildman–Crippen MR) is 142 cm³/mol. The van der Waals surface area contributed by atoms with Gasteiger partial charge in [0.25, 0.3) is 0 Å². The minimum Gasteiger partial charge on any atom is -0.466 e. The van der Waals surface area contributed by atoms with Crippen molar-refractivity contribution in [3.8, 4) is 0 Å². The topological polar surface area (TPSA) is 124 Å². The molecule has 2 bridgehead atoms. The molecule has 0 N–H and O–H groups in total. The van der Waals surface area contributed by atoms with Crippen LogP contribution >= 0.6 is 0 Å². The van der Waals surface area contributed by atoms with E-state index in [0.717, 1.165) is 6.08 Å². The van der Waals surface area contributed by atoms with Crippen LogP contribution in [0.5, 0.6) is 0 Å². The zero-order chi connectivity index (χ0) is 28.8. The highest BCUT2D eigenvalue weighted by Gasteiger charge is 2.59. The summed E-state index contributed by atoms with van der Waals surface area (Å²) in [6.07, 6.45) is -4.60. The lowest BCUT2D eigenvalue weighted by molar-refractivity contribution is -0.228. The van der Waals surface area contributed by atoms with Gasteiger partial charge in [-0.05, 0) is 42.5 Å². The molecule has 6 atom stereocenters. The van der Waals surface area contributed by atoms with Crippen LogP contribution in [0.1, 0.15) is 31.1 Å². The zero-order valence-corrected chi connectivity index (χ0v) is 21.9. The first-order valence-corrected chi connectivity index (χ1v) is 12.8. The van der Waals surface area contributed by atoms with Crippen LogP contribution in [0.25, 0.3) is 0 Å². The van der Waals surface area contributed by atoms with E-state index in [0.29, 0.717) is 0 Å². The van der Waals surface area contributed by atoms with Gasteiger partial charge in [0, 0.05) is 6.08 Å². The summed E-state index contributed by atoms with van der Waals surface area (Å²) in [5, 5.41) is 0. The summed E-state index contributed by atoms with van der Waals surface area (Å²) in [4.78, 5) is 51.4. The molecule has 2 heterocycles. The SMILES string of the molecule is COC(=O)/C=C/[C@@H]1O[C@@H]2O[C@H]1[C@@H](OC(=O)c1ccccc1)[C@H](OC(=O)c1ccccc1)[C@H]2OC(=O)c1ccccc1. The van der Waals surface area contributed by atoms with E-state index in [1.165, 1.54) is 13.2 Å². The molecule has 41 heavy (non-hydrogen) atoms. The maximum Gasteiger partial charge on any atom is 0.338 e. The number of ether oxygens (including phenoxy) is 6. The highest BCUT2D eigenvalue weighted by atomic mass is 16.8. The summed E-state index contributed by atoms with van der Waals surface area (Å²) in [5.74, 6) is -2.84. The van der Waals surface area contributed by atoms with Gasteiger partial charge < -0.3 is 28.4 Å². The van der Waals surface area contributed by atoms with Crippen molar-refractivity contribution in [1.82, 2.24) is 0 Å². The van der Waals surface area contributed by atoms with E-state index >= 15 is 0 Å². The van der Waals surface area contributed by atoms with Gasteiger partial charge >= 0.3 is 23.9 Å². The molecule has 0 radical (unpaired) electrons. The van der Waals surface area contributed by atoms with Gasteiger partial charge in [0.2, 0.25) is 0 Å². The third-order valence-electron chi connectivity index (χ3n) is 6.53. The maximum atomic E-state index is 13.2. The fourth-order valence-electron chi connectivity index (χ4n) is 4.53. The summed E-state index contributed by atoms with van der Waals surface area (Å²) >= 11 is 0. The molecule has 2 saturated heterocycles. The Morgan fingerprint density at radius 3 is 1.51 bits per heavy atom. The number of carbonyl (C=O) groups excluding carboxylic acids is 4. The van der Waals surface area contributed by atoms with Crippen molar-refractivity contribution in [3.05, 3.63) is 120 Å². The van der Waals surface area contributed by atoms with E-state index in [2.05, 4.69) is 4.74 Å². The molecule has 210 valence electrons. The van der Waals surface area contributed by atoms with Crippen LogP contribution in [-0.4, -0.2) is 67.8 Å². The average Bonchev–Trinajstić information content (AvgIpc) is 3.40. The fraction of sp³-hybridized carbons (Fsp3) is 0.226. The molecule has 2 fully saturated rings. The molecule has 0 aromatic heterocycles. The normalized spacial score (nSPS) is 24.8. The van der Waals surface area contributed by atoms with E-state index < -0.39 is 60.7 Å². The van der Waals surface area contributed by atoms with Gasteiger partial charge in [-0.1, -0.05) is 54.6 Å². The second-order valence-electron chi connectivity index (χ2n) is 9.16. The first-order valence-electron chi connectivity index (χ1n) is 12.8. The van der Waals surface area contributed by atoms with Crippen molar-refractivity contribution < 1.29 is 47.6 Å². The first kappa shape index (κ1) is 27.8. The van der Waals surface area contributed by atoms with Gasteiger partial charge in [0.05, 0.1) is 23.8 Å². The molecule has 3 aromatic carbocycles. The smallest absolute Gasteiger partial charge is 0.338 e. The van der Waals surface area contributed by atoms with E-state index in [-0.39, 0.29) is 16.7 Å². The Morgan fingerprint density at radius 1 is 0.610 bits per heavy atom. The second kappa shape index (κ2) is 12.6. The van der Waals surface area contributed by atoms with Gasteiger partial charge in [-0.25, -0.2) is 19.2 Å². The quantitative estimate of drug-likeness (QED) is 0.230. The lowest BCUT2D eigenvalue weighted by Gasteiger charge is -2.39. The van der Waals surface area contributed by atoms with Gasteiger partial charge in [-0.15, -0.1) is 0 Å². The average molecular weight is 559 g/mol. The summed E-state index contributed by atoms with van der Waals surface area (Å²) in [5.41, 5.74) is 0.706. The Balaban J connectivity index is 1.52. The van der Waals surface area contributed by atoms with Crippen LogP contribution in [0.2, 0.25) is 0 Å². The standard InChI is InChI=1S/C31H26O10/c1-36-23(32)18-17-22-24-25(38-28(33)19-11-5-2-6-12-19)26(39-29(34)20-13-7-3-8-14-20)27(31(37-22)41-24)40-30(35)21-15-9-4-10-16-21/h2-18,22,24-27,31H,1H3/b18-17+/t22-,24+,25+,26-,27+,31+/m0/s1. The maximum absolute atomic E-state index is 13.2. The number of rotatable bonds is 8. The molecular weight excluding hydrogens is 532 g/mol. The van der Waals surface area contributed by atoms with Crippen molar-refractivity contribution in [2.24, 2.45) is 0 Å². The summed E-state index contributed by atoms with van der Waals surface area (Å²) in [6.45, 7) is 0. The molecule has 0 amide bonds. The van der Waals surface area contributed by atoms with Crippen molar-refractivity contribution in [2.45, 2.75) is 36.8 Å². The third-order valence-corrected chi connectivity index (χ3v) is 6.53. The van der Waals surface area contributed by atoms with Crippen LogP contribution in [0.4, 0.5) is 0 Å². The predicted octanol–water partition coefficient (Wildman–Crippen LogP) is 3.52. The number of methoxy groups -OCH3 is 1. The molecule has 2 aliphatic rings. The summed E-state index contributed by atoms with van der Waals surface area (Å²) in [6, 6.07) is 24.6. The number of hydrogen-bond acceptors (Lipinski definition) is 10. The molecule has 10 nitrogen and oxygen atoms in total. The number of fused-ring (bicyclic) bond motifs is 2. The van der Waals surface area contributed by atoms with Crippen LogP contribution < -0.4 is 0 Å². The van der Waals surface area contributed by atoms with Crippen LogP contribution in [0.15, 0.2) is 103 Å². The molecule has 0 aliphatic carbocycles. The number of benzene rings is 3. The van der Waals surface area contributed by atoms with E-state index in [1.807, 2.05) is 0 Å². The largest absolute Gasteiger partial charge is 0.466 e. The highest BCUT2D eigenvalue weighted by Crippen LogP contribution is 2.39. The van der Waals surface area contributed by atoms with Crippen LogP contribution in [-0.2, 0) is 33.2 Å². The molecular formula is C31H26O10. The Labute approximate surface area is 235 Å². The van der Waals surface area contributed by atoms with Crippen LogP contribution in [0.3, 0.4) is 0 Å². The van der Waals surface area contributed by atoms with Crippen molar-refractivity contribution in [1.29, 1.82) is 0 Å². The molecule has 3 aromatic rings. The first-order chi connectivity index (χ1) is 19.9. The van der Waals surface area contributed by atoms with Crippen molar-refractivity contribution in [3.63, 3.8) is 0 Å². The molecule has 5 rings (SSSR count). The van der Waals surface area contributed by atoms with Gasteiger partial charge in [-0.3, -0.25) is 0 Å². The third kappa shape index (κ3) is 6.34. The molecule has 0 spiro atoms. The minimum absolute atomic E-state index is 0.232. The zero-order valence-electron chi connectivity index (χ0n) is 21.9. The van der Waals surface area contributed by atoms with Crippen molar-refractivity contribution >= 4 is 23.9 Å². The Hall–Kier alpha value is -4.80. The molecule has 0 saturated carbocycles.